The van der Waals surface area contributed by atoms with E-state index in [1.807, 2.05) is 38.1 Å². The highest BCUT2D eigenvalue weighted by Crippen LogP contribution is 2.24. The molecule has 0 fully saturated rings. The lowest BCUT2D eigenvalue weighted by atomic mass is 10.2. The SMILES string of the molecule is COc1ccc(-c2nc(S[C@@H](C)C(=O)NC(=O)NC(C)C)n[nH]2)cc1. The van der Waals surface area contributed by atoms with Gasteiger partial charge in [0.25, 0.3) is 0 Å². The van der Waals surface area contributed by atoms with Gasteiger partial charge in [-0.3, -0.25) is 15.2 Å². The number of methoxy groups -OCH3 is 1. The zero-order valence-electron chi connectivity index (χ0n) is 14.5. The molecule has 0 aliphatic heterocycles. The molecule has 2 rings (SSSR count). The fourth-order valence-electron chi connectivity index (χ4n) is 1.90. The average molecular weight is 363 g/mol. The first-order chi connectivity index (χ1) is 11.9. The Labute approximate surface area is 150 Å². The van der Waals surface area contributed by atoms with Crippen LogP contribution in [-0.2, 0) is 4.79 Å². The van der Waals surface area contributed by atoms with Gasteiger partial charge in [-0.2, -0.15) is 0 Å². The van der Waals surface area contributed by atoms with Crippen LogP contribution < -0.4 is 15.4 Å². The van der Waals surface area contributed by atoms with Gasteiger partial charge in [-0.1, -0.05) is 11.8 Å². The normalized spacial score (nSPS) is 11.9. The van der Waals surface area contributed by atoms with E-state index in [1.54, 1.807) is 14.0 Å². The molecule has 134 valence electrons. The number of benzene rings is 1. The lowest BCUT2D eigenvalue weighted by molar-refractivity contribution is -0.119. The van der Waals surface area contributed by atoms with Gasteiger partial charge in [-0.15, -0.1) is 5.10 Å². The summed E-state index contributed by atoms with van der Waals surface area (Å²) in [6.45, 7) is 5.32. The van der Waals surface area contributed by atoms with Crippen LogP contribution in [0.1, 0.15) is 20.8 Å². The maximum absolute atomic E-state index is 12.0. The number of urea groups is 1. The molecule has 1 heterocycles. The van der Waals surface area contributed by atoms with E-state index in [1.165, 1.54) is 11.8 Å². The van der Waals surface area contributed by atoms with Crippen molar-refractivity contribution in [2.24, 2.45) is 0 Å². The highest BCUT2D eigenvalue weighted by atomic mass is 32.2. The minimum absolute atomic E-state index is 0.0455. The van der Waals surface area contributed by atoms with E-state index in [9.17, 15) is 9.59 Å². The van der Waals surface area contributed by atoms with Gasteiger partial charge in [-0.25, -0.2) is 9.78 Å². The maximum Gasteiger partial charge on any atom is 0.321 e. The Hall–Kier alpha value is -2.55. The number of hydrogen-bond acceptors (Lipinski definition) is 6. The molecular weight excluding hydrogens is 342 g/mol. The van der Waals surface area contributed by atoms with Crippen molar-refractivity contribution in [3.05, 3.63) is 24.3 Å². The molecule has 8 nitrogen and oxygen atoms in total. The zero-order chi connectivity index (χ0) is 18.4. The van der Waals surface area contributed by atoms with Gasteiger partial charge < -0.3 is 10.1 Å². The molecule has 0 aliphatic rings. The summed E-state index contributed by atoms with van der Waals surface area (Å²) in [7, 11) is 1.60. The number of ether oxygens (including phenoxy) is 1. The number of thioether (sulfide) groups is 1. The topological polar surface area (TPSA) is 109 Å². The Morgan fingerprint density at radius 3 is 2.48 bits per heavy atom. The van der Waals surface area contributed by atoms with Crippen LogP contribution in [0.4, 0.5) is 4.79 Å². The van der Waals surface area contributed by atoms with Crippen molar-refractivity contribution < 1.29 is 14.3 Å². The standard InChI is InChI=1S/C16H21N5O3S/c1-9(2)17-15(23)19-14(22)10(3)25-16-18-13(20-21-16)11-5-7-12(24-4)8-6-11/h5-10H,1-4H3,(H,18,20,21)(H2,17,19,22,23)/t10-/m0/s1. The lowest BCUT2D eigenvalue weighted by Gasteiger charge is -2.11. The molecule has 0 unspecified atom stereocenters. The molecule has 1 aromatic carbocycles. The first-order valence-electron chi connectivity index (χ1n) is 7.74. The summed E-state index contributed by atoms with van der Waals surface area (Å²) in [5.74, 6) is 0.942. The van der Waals surface area contributed by atoms with Gasteiger partial charge in [0.2, 0.25) is 11.1 Å². The first kappa shape index (κ1) is 18.8. The molecule has 0 bridgehead atoms. The number of aromatic nitrogens is 3. The molecule has 2 aromatic rings. The number of nitrogens with zero attached hydrogens (tertiary/aromatic N) is 2. The summed E-state index contributed by atoms with van der Waals surface area (Å²) in [6.07, 6.45) is 0. The Morgan fingerprint density at radius 1 is 1.20 bits per heavy atom. The molecular formula is C16H21N5O3S. The smallest absolute Gasteiger partial charge is 0.321 e. The van der Waals surface area contributed by atoms with Crippen LogP contribution in [0.3, 0.4) is 0 Å². The van der Waals surface area contributed by atoms with E-state index in [2.05, 4.69) is 25.8 Å². The largest absolute Gasteiger partial charge is 0.497 e. The number of carbonyl (C=O) groups excluding carboxylic acids is 2. The number of hydrogen-bond donors (Lipinski definition) is 3. The Balaban J connectivity index is 1.95. The quantitative estimate of drug-likeness (QED) is 0.679. The van der Waals surface area contributed by atoms with Gasteiger partial charge in [-0.05, 0) is 45.0 Å². The third kappa shape index (κ3) is 5.49. The van der Waals surface area contributed by atoms with Crippen LogP contribution in [0.25, 0.3) is 11.4 Å². The van der Waals surface area contributed by atoms with Gasteiger partial charge >= 0.3 is 6.03 Å². The predicted molar refractivity (Wildman–Crippen MR) is 95.5 cm³/mol. The van der Waals surface area contributed by atoms with Crippen molar-refractivity contribution in [1.29, 1.82) is 0 Å². The highest BCUT2D eigenvalue weighted by Gasteiger charge is 2.19. The molecule has 0 saturated carbocycles. The number of H-pyrrole nitrogens is 1. The number of rotatable bonds is 6. The zero-order valence-corrected chi connectivity index (χ0v) is 15.3. The molecule has 3 N–H and O–H groups in total. The average Bonchev–Trinajstić information content (AvgIpc) is 3.02. The molecule has 1 atom stereocenters. The van der Waals surface area contributed by atoms with Crippen molar-refractivity contribution in [3.63, 3.8) is 0 Å². The second-order valence-corrected chi connectivity index (χ2v) is 6.88. The van der Waals surface area contributed by atoms with E-state index in [4.69, 9.17) is 4.74 Å². The first-order valence-corrected chi connectivity index (χ1v) is 8.62. The fraction of sp³-hybridized carbons (Fsp3) is 0.375. The second kappa shape index (κ2) is 8.52. The molecule has 0 spiro atoms. The van der Waals surface area contributed by atoms with E-state index in [-0.39, 0.29) is 6.04 Å². The predicted octanol–water partition coefficient (Wildman–Crippen LogP) is 2.20. The monoisotopic (exact) mass is 363 g/mol. The number of aromatic amines is 1. The second-order valence-electron chi connectivity index (χ2n) is 5.57. The molecule has 0 radical (unpaired) electrons. The maximum atomic E-state index is 12.0. The van der Waals surface area contributed by atoms with Crippen LogP contribution >= 0.6 is 11.8 Å². The summed E-state index contributed by atoms with van der Waals surface area (Å²) in [4.78, 5) is 27.9. The van der Waals surface area contributed by atoms with Gasteiger partial charge in [0.1, 0.15) is 5.75 Å². The summed E-state index contributed by atoms with van der Waals surface area (Å²) >= 11 is 1.17. The third-order valence-corrected chi connectivity index (χ3v) is 4.10. The van der Waals surface area contributed by atoms with E-state index in [0.29, 0.717) is 11.0 Å². The van der Waals surface area contributed by atoms with Crippen molar-refractivity contribution in [2.45, 2.75) is 37.2 Å². The van der Waals surface area contributed by atoms with Crippen LogP contribution in [0.2, 0.25) is 0 Å². The lowest BCUT2D eigenvalue weighted by Crippen LogP contribution is -2.45. The van der Waals surface area contributed by atoms with E-state index in [0.717, 1.165) is 11.3 Å². The van der Waals surface area contributed by atoms with Crippen molar-refractivity contribution in [1.82, 2.24) is 25.8 Å². The van der Waals surface area contributed by atoms with Gasteiger partial charge in [0.15, 0.2) is 5.82 Å². The molecule has 3 amide bonds. The van der Waals surface area contributed by atoms with Crippen LogP contribution in [-0.4, -0.2) is 45.5 Å². The molecule has 0 saturated heterocycles. The summed E-state index contributed by atoms with van der Waals surface area (Å²) < 4.78 is 5.12. The highest BCUT2D eigenvalue weighted by molar-refractivity contribution is 8.00. The Kier molecular flexibility index (Phi) is 6.40. The molecule has 25 heavy (non-hydrogen) atoms. The summed E-state index contributed by atoms with van der Waals surface area (Å²) in [6, 6.07) is 6.82. The number of carbonyl (C=O) groups is 2. The number of amides is 3. The van der Waals surface area contributed by atoms with E-state index >= 15 is 0 Å². The minimum Gasteiger partial charge on any atom is -0.497 e. The van der Waals surface area contributed by atoms with Gasteiger partial charge in [0.05, 0.1) is 12.4 Å². The number of nitrogens with one attached hydrogen (secondary N) is 3. The van der Waals surface area contributed by atoms with E-state index < -0.39 is 17.2 Å². The van der Waals surface area contributed by atoms with Crippen LogP contribution in [0, 0.1) is 0 Å². The van der Waals surface area contributed by atoms with Crippen molar-refractivity contribution >= 4 is 23.7 Å². The van der Waals surface area contributed by atoms with Crippen LogP contribution in [0.5, 0.6) is 5.75 Å². The van der Waals surface area contributed by atoms with Crippen molar-refractivity contribution in [2.75, 3.05) is 7.11 Å². The summed E-state index contributed by atoms with van der Waals surface area (Å²) in [5.41, 5.74) is 0.855. The molecule has 1 aromatic heterocycles. The molecule has 9 heteroatoms. The third-order valence-electron chi connectivity index (χ3n) is 3.14. The number of imide groups is 1. The summed E-state index contributed by atoms with van der Waals surface area (Å²) in [5, 5.41) is 11.7. The fourth-order valence-corrected chi connectivity index (χ4v) is 2.63. The van der Waals surface area contributed by atoms with Crippen LogP contribution in [0.15, 0.2) is 29.4 Å². The molecule has 0 aliphatic carbocycles. The Morgan fingerprint density at radius 2 is 1.88 bits per heavy atom. The van der Waals surface area contributed by atoms with Gasteiger partial charge in [0, 0.05) is 11.6 Å². The minimum atomic E-state index is -0.516. The van der Waals surface area contributed by atoms with Crippen molar-refractivity contribution in [3.8, 4) is 17.1 Å². The Bertz CT molecular complexity index is 730.